The normalized spacial score (nSPS) is 21.6. The molecule has 2 heterocycles. The van der Waals surface area contributed by atoms with Crippen LogP contribution < -0.4 is 0 Å². The molecule has 0 spiro atoms. The lowest BCUT2D eigenvalue weighted by Crippen LogP contribution is -2.52. The van der Waals surface area contributed by atoms with Crippen LogP contribution in [-0.2, 0) is 0 Å². The summed E-state index contributed by atoms with van der Waals surface area (Å²) in [6.45, 7) is 4.65. The molecule has 0 radical (unpaired) electrons. The minimum Gasteiger partial charge on any atom is -0.336 e. The molecule has 1 aromatic rings. The summed E-state index contributed by atoms with van der Waals surface area (Å²) < 4.78 is 0.700. The van der Waals surface area contributed by atoms with Crippen molar-refractivity contribution in [3.05, 3.63) is 28.5 Å². The largest absolute Gasteiger partial charge is 0.336 e. The van der Waals surface area contributed by atoms with Gasteiger partial charge in [-0.25, -0.2) is 4.98 Å². The molecule has 1 aliphatic heterocycles. The second-order valence-corrected chi connectivity index (χ2v) is 5.26. The van der Waals surface area contributed by atoms with Crippen LogP contribution in [0.15, 0.2) is 22.9 Å². The van der Waals surface area contributed by atoms with Crippen LogP contribution in [0.4, 0.5) is 0 Å². The van der Waals surface area contributed by atoms with Crippen molar-refractivity contribution in [2.75, 3.05) is 26.7 Å². The number of nitrogens with zero attached hydrogens (tertiary/aromatic N) is 3. The van der Waals surface area contributed by atoms with Gasteiger partial charge in [0, 0.05) is 37.4 Å². The Kier molecular flexibility index (Phi) is 3.79. The Morgan fingerprint density at radius 3 is 2.94 bits per heavy atom. The summed E-state index contributed by atoms with van der Waals surface area (Å²) in [5, 5.41) is 0. The standard InChI is InChI=1S/C12H16BrN3O/c1-9-8-16(6-5-15(9)2)12(17)10-3-4-14-11(13)7-10/h3-4,7,9H,5-6,8H2,1-2H3. The summed E-state index contributed by atoms with van der Waals surface area (Å²) in [4.78, 5) is 20.5. The highest BCUT2D eigenvalue weighted by Crippen LogP contribution is 2.14. The van der Waals surface area contributed by atoms with Crippen molar-refractivity contribution in [2.45, 2.75) is 13.0 Å². The van der Waals surface area contributed by atoms with Gasteiger partial charge in [-0.05, 0) is 42.0 Å². The molecule has 92 valence electrons. The maximum absolute atomic E-state index is 12.3. The molecule has 0 aromatic carbocycles. The molecule has 1 fully saturated rings. The Balaban J connectivity index is 2.10. The number of likely N-dealkylation sites (N-methyl/N-ethyl adjacent to an activating group) is 1. The van der Waals surface area contributed by atoms with Crippen LogP contribution >= 0.6 is 15.9 Å². The first-order chi connectivity index (χ1) is 8.08. The Morgan fingerprint density at radius 1 is 1.53 bits per heavy atom. The van der Waals surface area contributed by atoms with Gasteiger partial charge in [-0.2, -0.15) is 0 Å². The van der Waals surface area contributed by atoms with Crippen molar-refractivity contribution in [3.63, 3.8) is 0 Å². The number of halogens is 1. The van der Waals surface area contributed by atoms with Crippen molar-refractivity contribution >= 4 is 21.8 Å². The van der Waals surface area contributed by atoms with E-state index >= 15 is 0 Å². The molecule has 0 N–H and O–H groups in total. The number of carbonyl (C=O) groups is 1. The van der Waals surface area contributed by atoms with Crippen LogP contribution in [0.2, 0.25) is 0 Å². The molecule has 0 saturated carbocycles. The molecule has 17 heavy (non-hydrogen) atoms. The lowest BCUT2D eigenvalue weighted by Gasteiger charge is -2.37. The zero-order valence-electron chi connectivity index (χ0n) is 10.1. The van der Waals surface area contributed by atoms with E-state index in [0.29, 0.717) is 16.2 Å². The minimum absolute atomic E-state index is 0.0908. The average Bonchev–Trinajstić information content (AvgIpc) is 2.32. The van der Waals surface area contributed by atoms with Gasteiger partial charge in [-0.15, -0.1) is 0 Å². The number of amides is 1. The van der Waals surface area contributed by atoms with E-state index in [9.17, 15) is 4.79 Å². The molecule has 4 nitrogen and oxygen atoms in total. The highest BCUT2D eigenvalue weighted by Gasteiger charge is 2.25. The lowest BCUT2D eigenvalue weighted by atomic mass is 10.1. The second kappa shape index (κ2) is 5.14. The van der Waals surface area contributed by atoms with Gasteiger partial charge < -0.3 is 9.80 Å². The molecule has 2 rings (SSSR count). The van der Waals surface area contributed by atoms with Gasteiger partial charge in [-0.3, -0.25) is 4.79 Å². The first kappa shape index (κ1) is 12.5. The fraction of sp³-hybridized carbons (Fsp3) is 0.500. The zero-order chi connectivity index (χ0) is 12.4. The van der Waals surface area contributed by atoms with Crippen LogP contribution in [-0.4, -0.2) is 53.4 Å². The molecule has 5 heteroatoms. The van der Waals surface area contributed by atoms with Gasteiger partial charge in [0.15, 0.2) is 0 Å². The maximum Gasteiger partial charge on any atom is 0.254 e. The SMILES string of the molecule is CC1CN(C(=O)c2ccnc(Br)c2)CCN1C. The maximum atomic E-state index is 12.3. The molecule has 1 aliphatic rings. The van der Waals surface area contributed by atoms with Gasteiger partial charge in [0.25, 0.3) is 5.91 Å². The molecule has 1 atom stereocenters. The van der Waals surface area contributed by atoms with Crippen LogP contribution in [0, 0.1) is 0 Å². The van der Waals surface area contributed by atoms with Crippen molar-refractivity contribution in [1.29, 1.82) is 0 Å². The predicted molar refractivity (Wildman–Crippen MR) is 69.9 cm³/mol. The molecule has 0 aliphatic carbocycles. The van der Waals surface area contributed by atoms with Gasteiger partial charge >= 0.3 is 0 Å². The van der Waals surface area contributed by atoms with Crippen molar-refractivity contribution < 1.29 is 4.79 Å². The molecular formula is C12H16BrN3O. The van der Waals surface area contributed by atoms with Crippen molar-refractivity contribution in [3.8, 4) is 0 Å². The Bertz CT molecular complexity index is 424. The highest BCUT2D eigenvalue weighted by atomic mass is 79.9. The molecule has 1 amide bonds. The molecule has 1 saturated heterocycles. The second-order valence-electron chi connectivity index (χ2n) is 4.45. The van der Waals surface area contributed by atoms with Crippen LogP contribution in [0.1, 0.15) is 17.3 Å². The Morgan fingerprint density at radius 2 is 2.29 bits per heavy atom. The van der Waals surface area contributed by atoms with E-state index in [1.807, 2.05) is 4.90 Å². The molecule has 1 aromatic heterocycles. The first-order valence-electron chi connectivity index (χ1n) is 5.69. The van der Waals surface area contributed by atoms with Crippen LogP contribution in [0.25, 0.3) is 0 Å². The number of hydrogen-bond acceptors (Lipinski definition) is 3. The summed E-state index contributed by atoms with van der Waals surface area (Å²) in [5.41, 5.74) is 0.698. The van der Waals surface area contributed by atoms with Crippen LogP contribution in [0.3, 0.4) is 0 Å². The van der Waals surface area contributed by atoms with E-state index in [-0.39, 0.29) is 5.91 Å². The van der Waals surface area contributed by atoms with E-state index < -0.39 is 0 Å². The van der Waals surface area contributed by atoms with E-state index in [1.54, 1.807) is 18.3 Å². The summed E-state index contributed by atoms with van der Waals surface area (Å²) in [7, 11) is 2.09. The summed E-state index contributed by atoms with van der Waals surface area (Å²) in [5.74, 6) is 0.0908. The molecular weight excluding hydrogens is 282 g/mol. The third kappa shape index (κ3) is 2.84. The summed E-state index contributed by atoms with van der Waals surface area (Å²) in [6.07, 6.45) is 1.65. The van der Waals surface area contributed by atoms with Crippen molar-refractivity contribution in [2.24, 2.45) is 0 Å². The number of carbonyl (C=O) groups excluding carboxylic acids is 1. The smallest absolute Gasteiger partial charge is 0.254 e. The highest BCUT2D eigenvalue weighted by molar-refractivity contribution is 9.10. The number of aromatic nitrogens is 1. The fourth-order valence-electron chi connectivity index (χ4n) is 1.95. The van der Waals surface area contributed by atoms with Gasteiger partial charge in [0.05, 0.1) is 0 Å². The summed E-state index contributed by atoms with van der Waals surface area (Å²) >= 11 is 3.29. The van der Waals surface area contributed by atoms with Crippen LogP contribution in [0.5, 0.6) is 0 Å². The summed E-state index contributed by atoms with van der Waals surface area (Å²) in [6, 6.07) is 3.94. The average molecular weight is 298 g/mol. The van der Waals surface area contributed by atoms with Gasteiger partial charge in [-0.1, -0.05) is 0 Å². The number of rotatable bonds is 1. The van der Waals surface area contributed by atoms with Gasteiger partial charge in [0.2, 0.25) is 0 Å². The topological polar surface area (TPSA) is 36.4 Å². The third-order valence-electron chi connectivity index (χ3n) is 3.22. The van der Waals surface area contributed by atoms with E-state index in [0.717, 1.165) is 19.6 Å². The Hall–Kier alpha value is -0.940. The monoisotopic (exact) mass is 297 g/mol. The van der Waals surface area contributed by atoms with E-state index in [1.165, 1.54) is 0 Å². The Labute approximate surface area is 110 Å². The fourth-order valence-corrected chi connectivity index (χ4v) is 2.32. The number of piperazine rings is 1. The van der Waals surface area contributed by atoms with E-state index in [2.05, 4.69) is 39.8 Å². The third-order valence-corrected chi connectivity index (χ3v) is 3.65. The quantitative estimate of drug-likeness (QED) is 0.739. The number of hydrogen-bond donors (Lipinski definition) is 0. The molecule has 0 bridgehead atoms. The predicted octanol–water partition coefficient (Wildman–Crippen LogP) is 1.62. The lowest BCUT2D eigenvalue weighted by molar-refractivity contribution is 0.0572. The minimum atomic E-state index is 0.0908. The van der Waals surface area contributed by atoms with Gasteiger partial charge in [0.1, 0.15) is 4.60 Å². The molecule has 1 unspecified atom stereocenters. The zero-order valence-corrected chi connectivity index (χ0v) is 11.6. The number of pyridine rings is 1. The van der Waals surface area contributed by atoms with E-state index in [4.69, 9.17) is 0 Å². The van der Waals surface area contributed by atoms with Crippen molar-refractivity contribution in [1.82, 2.24) is 14.8 Å². The first-order valence-corrected chi connectivity index (χ1v) is 6.48.